The van der Waals surface area contributed by atoms with E-state index in [0.29, 0.717) is 0 Å². The highest BCUT2D eigenvalue weighted by Gasteiger charge is 2.39. The van der Waals surface area contributed by atoms with Crippen LogP contribution in [0.15, 0.2) is 36.4 Å². The Morgan fingerprint density at radius 1 is 1.12 bits per heavy atom. The highest BCUT2D eigenvalue weighted by atomic mass is 35.5. The molecule has 2 aromatic carbocycles. The molecule has 8 nitrogen and oxygen atoms in total. The summed E-state index contributed by atoms with van der Waals surface area (Å²) in [5.74, 6) is -2.12. The molecule has 0 N–H and O–H groups in total. The fourth-order valence-electron chi connectivity index (χ4n) is 2.47. The van der Waals surface area contributed by atoms with Gasteiger partial charge in [-0.1, -0.05) is 11.6 Å². The van der Waals surface area contributed by atoms with E-state index in [1.807, 2.05) is 0 Å². The molecule has 9 heteroatoms. The van der Waals surface area contributed by atoms with Crippen LogP contribution in [0.3, 0.4) is 0 Å². The molecule has 2 aromatic rings. The summed E-state index contributed by atoms with van der Waals surface area (Å²) in [4.78, 5) is 47.5. The molecule has 1 aliphatic rings. The zero-order valence-electron chi connectivity index (χ0n) is 12.7. The Labute approximate surface area is 145 Å². The van der Waals surface area contributed by atoms with Crippen LogP contribution in [0.25, 0.3) is 0 Å². The number of fused-ring (bicyclic) bond motifs is 1. The maximum atomic E-state index is 12.6. The van der Waals surface area contributed by atoms with Gasteiger partial charge in [-0.3, -0.25) is 24.5 Å². The summed E-state index contributed by atoms with van der Waals surface area (Å²) < 4.78 is 5.02. The molecule has 0 radical (unpaired) electrons. The van der Waals surface area contributed by atoms with Crippen molar-refractivity contribution in [1.29, 1.82) is 0 Å². The molecule has 0 saturated heterocycles. The summed E-state index contributed by atoms with van der Waals surface area (Å²) in [6.45, 7) is 1.17. The van der Waals surface area contributed by atoms with Gasteiger partial charge in [0.15, 0.2) is 5.75 Å². The minimum Gasteiger partial charge on any atom is -0.424 e. The van der Waals surface area contributed by atoms with Crippen LogP contribution in [-0.2, 0) is 4.79 Å². The number of non-ortho nitro benzene ring substituents is 1. The van der Waals surface area contributed by atoms with Crippen LogP contribution in [0.2, 0.25) is 5.02 Å². The summed E-state index contributed by atoms with van der Waals surface area (Å²) >= 11 is 5.93. The summed E-state index contributed by atoms with van der Waals surface area (Å²) in [6, 6.07) is 7.47. The quantitative estimate of drug-likeness (QED) is 0.274. The van der Waals surface area contributed by atoms with Crippen molar-refractivity contribution in [2.24, 2.45) is 0 Å². The molecule has 3 rings (SSSR count). The SMILES string of the molecule is CC(=O)Oc1ccc(Cl)cc1N1C(=O)c2ccc([N+](=O)[O-])cc2C1=O. The lowest BCUT2D eigenvalue weighted by Gasteiger charge is -2.17. The Hall–Kier alpha value is -3.26. The maximum absolute atomic E-state index is 12.6. The molecule has 0 fully saturated rings. The molecule has 0 bridgehead atoms. The zero-order chi connectivity index (χ0) is 18.3. The third-order valence-electron chi connectivity index (χ3n) is 3.50. The van der Waals surface area contributed by atoms with Gasteiger partial charge < -0.3 is 4.74 Å². The fourth-order valence-corrected chi connectivity index (χ4v) is 2.63. The lowest BCUT2D eigenvalue weighted by molar-refractivity contribution is -0.384. The number of hydrogen-bond acceptors (Lipinski definition) is 6. The average Bonchev–Trinajstić information content (AvgIpc) is 2.80. The van der Waals surface area contributed by atoms with Gasteiger partial charge in [0, 0.05) is 24.1 Å². The van der Waals surface area contributed by atoms with E-state index in [0.717, 1.165) is 17.0 Å². The van der Waals surface area contributed by atoms with Gasteiger partial charge in [-0.15, -0.1) is 0 Å². The molecule has 1 heterocycles. The van der Waals surface area contributed by atoms with Gasteiger partial charge in [0.2, 0.25) is 0 Å². The van der Waals surface area contributed by atoms with E-state index in [-0.39, 0.29) is 33.3 Å². The van der Waals surface area contributed by atoms with Gasteiger partial charge in [0.05, 0.1) is 21.7 Å². The normalized spacial score (nSPS) is 13.0. The number of halogens is 1. The van der Waals surface area contributed by atoms with Gasteiger partial charge in [-0.25, -0.2) is 4.90 Å². The molecule has 0 unspecified atom stereocenters. The zero-order valence-corrected chi connectivity index (χ0v) is 13.4. The molecule has 0 aliphatic carbocycles. The summed E-state index contributed by atoms with van der Waals surface area (Å²) in [5, 5.41) is 11.1. The number of nitro benzene ring substituents is 1. The first-order valence-corrected chi connectivity index (χ1v) is 7.32. The summed E-state index contributed by atoms with van der Waals surface area (Å²) in [7, 11) is 0. The minimum atomic E-state index is -0.764. The van der Waals surface area contributed by atoms with Crippen molar-refractivity contribution in [3.05, 3.63) is 62.7 Å². The number of nitrogens with zero attached hydrogens (tertiary/aromatic N) is 2. The highest BCUT2D eigenvalue weighted by Crippen LogP contribution is 2.37. The monoisotopic (exact) mass is 360 g/mol. The third kappa shape index (κ3) is 2.83. The second-order valence-corrected chi connectivity index (χ2v) is 5.57. The van der Waals surface area contributed by atoms with Crippen LogP contribution in [-0.4, -0.2) is 22.7 Å². The number of carbonyl (C=O) groups excluding carboxylic acids is 3. The molecule has 0 spiro atoms. The van der Waals surface area contributed by atoms with Crippen molar-refractivity contribution in [1.82, 2.24) is 0 Å². The summed E-state index contributed by atoms with van der Waals surface area (Å²) in [6.07, 6.45) is 0. The maximum Gasteiger partial charge on any atom is 0.308 e. The molecule has 1 aliphatic heterocycles. The van der Waals surface area contributed by atoms with Gasteiger partial charge in [-0.2, -0.15) is 0 Å². The smallest absolute Gasteiger partial charge is 0.308 e. The van der Waals surface area contributed by atoms with Crippen LogP contribution in [0.4, 0.5) is 11.4 Å². The number of rotatable bonds is 3. The Kier molecular flexibility index (Phi) is 3.97. The van der Waals surface area contributed by atoms with Crippen molar-refractivity contribution >= 4 is 40.8 Å². The Bertz CT molecular complexity index is 956. The minimum absolute atomic E-state index is 0.0171. The van der Waals surface area contributed by atoms with E-state index in [4.69, 9.17) is 16.3 Å². The molecule has 25 heavy (non-hydrogen) atoms. The van der Waals surface area contributed by atoms with Gasteiger partial charge in [0.25, 0.3) is 17.5 Å². The van der Waals surface area contributed by atoms with Gasteiger partial charge >= 0.3 is 5.97 Å². The van der Waals surface area contributed by atoms with E-state index >= 15 is 0 Å². The van der Waals surface area contributed by atoms with Gasteiger partial charge in [-0.05, 0) is 24.3 Å². The molecular formula is C16H9ClN2O6. The molecule has 126 valence electrons. The van der Waals surface area contributed by atoms with Crippen LogP contribution in [0.1, 0.15) is 27.6 Å². The van der Waals surface area contributed by atoms with Crippen molar-refractivity contribution < 1.29 is 24.0 Å². The predicted octanol–water partition coefficient (Wildman–Crippen LogP) is 2.97. The predicted molar refractivity (Wildman–Crippen MR) is 87.0 cm³/mol. The van der Waals surface area contributed by atoms with Crippen molar-refractivity contribution in [3.8, 4) is 5.75 Å². The van der Waals surface area contributed by atoms with Gasteiger partial charge in [0.1, 0.15) is 0 Å². The van der Waals surface area contributed by atoms with E-state index in [1.165, 1.54) is 31.2 Å². The lowest BCUT2D eigenvalue weighted by Crippen LogP contribution is -2.30. The molecule has 0 saturated carbocycles. The Morgan fingerprint density at radius 3 is 2.44 bits per heavy atom. The highest BCUT2D eigenvalue weighted by molar-refractivity contribution is 6.36. The van der Waals surface area contributed by atoms with Crippen molar-refractivity contribution in [2.45, 2.75) is 6.92 Å². The second-order valence-electron chi connectivity index (χ2n) is 5.14. The van der Waals surface area contributed by atoms with Crippen molar-refractivity contribution in [2.75, 3.05) is 4.90 Å². The molecular weight excluding hydrogens is 352 g/mol. The molecule has 2 amide bonds. The fraction of sp³-hybridized carbons (Fsp3) is 0.0625. The van der Waals surface area contributed by atoms with Crippen LogP contribution in [0.5, 0.6) is 5.75 Å². The first-order chi connectivity index (χ1) is 11.8. The number of carbonyl (C=O) groups is 3. The first-order valence-electron chi connectivity index (χ1n) is 6.95. The number of esters is 1. The van der Waals surface area contributed by atoms with E-state index in [1.54, 1.807) is 0 Å². The van der Waals surface area contributed by atoms with Crippen LogP contribution >= 0.6 is 11.6 Å². The lowest BCUT2D eigenvalue weighted by atomic mass is 10.1. The number of amides is 2. The average molecular weight is 361 g/mol. The number of nitro groups is 1. The molecule has 0 aromatic heterocycles. The molecule has 0 atom stereocenters. The second kappa shape index (κ2) is 5.99. The van der Waals surface area contributed by atoms with Crippen LogP contribution < -0.4 is 9.64 Å². The topological polar surface area (TPSA) is 107 Å². The van der Waals surface area contributed by atoms with E-state index in [9.17, 15) is 24.5 Å². The number of benzene rings is 2. The number of ether oxygens (including phenoxy) is 1. The first kappa shape index (κ1) is 16.6. The van der Waals surface area contributed by atoms with E-state index in [2.05, 4.69) is 0 Å². The number of anilines is 1. The Morgan fingerprint density at radius 2 is 1.80 bits per heavy atom. The largest absolute Gasteiger partial charge is 0.424 e. The van der Waals surface area contributed by atoms with Crippen LogP contribution in [0, 0.1) is 10.1 Å². The standard InChI is InChI=1S/C16H9ClN2O6/c1-8(20)25-14-5-2-9(17)6-13(14)18-15(21)11-4-3-10(19(23)24)7-12(11)16(18)22/h2-7H,1H3. The third-order valence-corrected chi connectivity index (χ3v) is 3.73. The number of imide groups is 1. The number of hydrogen-bond donors (Lipinski definition) is 0. The summed E-state index contributed by atoms with van der Waals surface area (Å²) in [5.41, 5.74) is -0.415. The van der Waals surface area contributed by atoms with Crippen molar-refractivity contribution in [3.63, 3.8) is 0 Å². The van der Waals surface area contributed by atoms with E-state index < -0.39 is 22.7 Å². The Balaban J connectivity index is 2.12.